The molecule has 9 heteroatoms. The van der Waals surface area contributed by atoms with Crippen molar-refractivity contribution >= 4 is 33.2 Å². The van der Waals surface area contributed by atoms with E-state index in [1.54, 1.807) is 43.4 Å². The standard InChI is InChI=1S/C19H18ClN3O4S/c1-22(15-6-3-2-4-7-15)19(24)14-23(13-16-8-5-11-27-16)28(25,26)17-9-10-18(20)21-12-17/h2-12H,13-14H2,1H3. The van der Waals surface area contributed by atoms with Gasteiger partial charge in [-0.15, -0.1) is 0 Å². The van der Waals surface area contributed by atoms with Crippen LogP contribution in [0.1, 0.15) is 5.76 Å². The molecule has 0 fully saturated rings. The van der Waals surface area contributed by atoms with E-state index < -0.39 is 10.0 Å². The maximum absolute atomic E-state index is 13.1. The van der Waals surface area contributed by atoms with Crippen molar-refractivity contribution in [3.63, 3.8) is 0 Å². The van der Waals surface area contributed by atoms with Crippen LogP contribution in [0.5, 0.6) is 0 Å². The predicted octanol–water partition coefficient (Wildman–Crippen LogP) is 3.18. The van der Waals surface area contributed by atoms with E-state index in [0.717, 1.165) is 10.5 Å². The molecular formula is C19H18ClN3O4S. The van der Waals surface area contributed by atoms with Gasteiger partial charge >= 0.3 is 0 Å². The highest BCUT2D eigenvalue weighted by Gasteiger charge is 2.29. The largest absolute Gasteiger partial charge is 0.468 e. The molecule has 0 spiro atoms. The molecule has 28 heavy (non-hydrogen) atoms. The molecule has 0 saturated heterocycles. The molecule has 3 rings (SSSR count). The Morgan fingerprint density at radius 1 is 1.11 bits per heavy atom. The second kappa shape index (κ2) is 8.55. The van der Waals surface area contributed by atoms with E-state index in [0.29, 0.717) is 11.4 Å². The third-order valence-electron chi connectivity index (χ3n) is 4.08. The first-order valence-electron chi connectivity index (χ1n) is 8.33. The summed E-state index contributed by atoms with van der Waals surface area (Å²) >= 11 is 5.75. The summed E-state index contributed by atoms with van der Waals surface area (Å²) in [6.45, 7) is -0.455. The Hall–Kier alpha value is -2.68. The van der Waals surface area contributed by atoms with E-state index in [1.165, 1.54) is 23.3 Å². The number of furan rings is 1. The first-order valence-corrected chi connectivity index (χ1v) is 10.2. The zero-order valence-corrected chi connectivity index (χ0v) is 16.6. The van der Waals surface area contributed by atoms with Gasteiger partial charge in [-0.3, -0.25) is 4.79 Å². The molecule has 3 aromatic rings. The van der Waals surface area contributed by atoms with Gasteiger partial charge in [0.2, 0.25) is 15.9 Å². The van der Waals surface area contributed by atoms with Gasteiger partial charge in [-0.25, -0.2) is 13.4 Å². The highest BCUT2D eigenvalue weighted by atomic mass is 35.5. The summed E-state index contributed by atoms with van der Waals surface area (Å²) < 4.78 is 32.5. The van der Waals surface area contributed by atoms with E-state index in [9.17, 15) is 13.2 Å². The van der Waals surface area contributed by atoms with Gasteiger partial charge < -0.3 is 9.32 Å². The van der Waals surface area contributed by atoms with Gasteiger partial charge in [0.1, 0.15) is 15.8 Å². The van der Waals surface area contributed by atoms with Crippen LogP contribution >= 0.6 is 11.6 Å². The summed E-state index contributed by atoms with van der Waals surface area (Å²) in [5.41, 5.74) is 0.663. The highest BCUT2D eigenvalue weighted by Crippen LogP contribution is 2.20. The van der Waals surface area contributed by atoms with Gasteiger partial charge in [0.15, 0.2) is 0 Å². The number of hydrogen-bond acceptors (Lipinski definition) is 5. The topological polar surface area (TPSA) is 83.7 Å². The number of hydrogen-bond donors (Lipinski definition) is 0. The molecule has 146 valence electrons. The van der Waals surface area contributed by atoms with E-state index in [2.05, 4.69) is 4.98 Å². The molecule has 0 unspecified atom stereocenters. The molecule has 0 aliphatic rings. The second-order valence-corrected chi connectivity index (χ2v) is 8.28. The quantitative estimate of drug-likeness (QED) is 0.549. The molecule has 2 heterocycles. The average Bonchev–Trinajstić information content (AvgIpc) is 3.21. The molecule has 0 atom stereocenters. The number of carbonyl (C=O) groups excluding carboxylic acids is 1. The van der Waals surface area contributed by atoms with E-state index >= 15 is 0 Å². The summed E-state index contributed by atoms with van der Waals surface area (Å²) in [4.78, 5) is 17.9. The molecule has 1 aromatic carbocycles. The van der Waals surface area contributed by atoms with Crippen LogP contribution in [-0.2, 0) is 21.4 Å². The number of rotatable bonds is 7. The average molecular weight is 420 g/mol. The van der Waals surface area contributed by atoms with Crippen LogP contribution in [0.2, 0.25) is 5.15 Å². The van der Waals surface area contributed by atoms with E-state index in [1.807, 2.05) is 6.07 Å². The number of halogens is 1. The Morgan fingerprint density at radius 2 is 1.86 bits per heavy atom. The molecule has 7 nitrogen and oxygen atoms in total. The Balaban J connectivity index is 1.88. The fourth-order valence-electron chi connectivity index (χ4n) is 2.52. The van der Waals surface area contributed by atoms with Gasteiger partial charge in [0, 0.05) is 18.9 Å². The number of sulfonamides is 1. The van der Waals surface area contributed by atoms with Crippen LogP contribution in [0.15, 0.2) is 76.4 Å². The van der Waals surface area contributed by atoms with Crippen LogP contribution in [0.4, 0.5) is 5.69 Å². The van der Waals surface area contributed by atoms with Crippen molar-refractivity contribution in [2.24, 2.45) is 0 Å². The number of likely N-dealkylation sites (N-methyl/N-ethyl adjacent to an activating group) is 1. The lowest BCUT2D eigenvalue weighted by atomic mass is 10.3. The predicted molar refractivity (Wildman–Crippen MR) is 105 cm³/mol. The maximum Gasteiger partial charge on any atom is 0.245 e. The van der Waals surface area contributed by atoms with Crippen LogP contribution in [0.3, 0.4) is 0 Å². The number of benzene rings is 1. The summed E-state index contributed by atoms with van der Waals surface area (Å²) in [5, 5.41) is 0.177. The Bertz CT molecular complexity index is 1020. The SMILES string of the molecule is CN(C(=O)CN(Cc1ccco1)S(=O)(=O)c1ccc(Cl)nc1)c1ccccc1. The summed E-state index contributed by atoms with van der Waals surface area (Å²) in [6, 6.07) is 15.0. The van der Waals surface area contributed by atoms with Crippen molar-refractivity contribution in [1.82, 2.24) is 9.29 Å². The number of carbonyl (C=O) groups is 1. The second-order valence-electron chi connectivity index (χ2n) is 5.96. The lowest BCUT2D eigenvalue weighted by molar-refractivity contribution is -0.118. The normalized spacial score (nSPS) is 11.5. The minimum atomic E-state index is -4.00. The number of amides is 1. The van der Waals surface area contributed by atoms with Crippen molar-refractivity contribution < 1.29 is 17.6 Å². The molecular weight excluding hydrogens is 402 g/mol. The number of nitrogens with zero attached hydrogens (tertiary/aromatic N) is 3. The number of pyridine rings is 1. The summed E-state index contributed by atoms with van der Waals surface area (Å²) in [5.74, 6) is 0.0314. The van der Waals surface area contributed by atoms with Crippen LogP contribution in [-0.4, -0.2) is 37.2 Å². The molecule has 0 aliphatic carbocycles. The van der Waals surface area contributed by atoms with Crippen molar-refractivity contribution in [3.8, 4) is 0 Å². The molecule has 0 saturated carbocycles. The zero-order valence-electron chi connectivity index (χ0n) is 15.0. The minimum absolute atomic E-state index is 0.0568. The van der Waals surface area contributed by atoms with Gasteiger partial charge in [0.25, 0.3) is 0 Å². The minimum Gasteiger partial charge on any atom is -0.468 e. The summed E-state index contributed by atoms with van der Waals surface area (Å²) in [7, 11) is -2.40. The monoisotopic (exact) mass is 419 g/mol. The van der Waals surface area contributed by atoms with E-state index in [-0.39, 0.29) is 29.0 Å². The van der Waals surface area contributed by atoms with Crippen molar-refractivity contribution in [3.05, 3.63) is 78.0 Å². The lowest BCUT2D eigenvalue weighted by Gasteiger charge is -2.24. The Morgan fingerprint density at radius 3 is 2.46 bits per heavy atom. The van der Waals surface area contributed by atoms with Crippen LogP contribution in [0, 0.1) is 0 Å². The molecule has 2 aromatic heterocycles. The van der Waals surface area contributed by atoms with Gasteiger partial charge in [0.05, 0.1) is 19.4 Å². The number of aromatic nitrogens is 1. The molecule has 0 aliphatic heterocycles. The van der Waals surface area contributed by atoms with Crippen molar-refractivity contribution in [2.75, 3.05) is 18.5 Å². The fraction of sp³-hybridized carbons (Fsp3) is 0.158. The van der Waals surface area contributed by atoms with Crippen molar-refractivity contribution in [2.45, 2.75) is 11.4 Å². The first-order chi connectivity index (χ1) is 13.4. The first kappa shape index (κ1) is 20.1. The fourth-order valence-corrected chi connectivity index (χ4v) is 3.93. The Labute approximate surface area is 168 Å². The Kier molecular flexibility index (Phi) is 6.13. The van der Waals surface area contributed by atoms with Gasteiger partial charge in [-0.2, -0.15) is 4.31 Å². The van der Waals surface area contributed by atoms with Crippen LogP contribution in [0.25, 0.3) is 0 Å². The van der Waals surface area contributed by atoms with Gasteiger partial charge in [-0.05, 0) is 36.4 Å². The highest BCUT2D eigenvalue weighted by molar-refractivity contribution is 7.89. The van der Waals surface area contributed by atoms with Gasteiger partial charge in [-0.1, -0.05) is 29.8 Å². The molecule has 0 bridgehead atoms. The van der Waals surface area contributed by atoms with Crippen LogP contribution < -0.4 is 4.90 Å². The number of para-hydroxylation sites is 1. The smallest absolute Gasteiger partial charge is 0.245 e. The number of anilines is 1. The molecule has 1 amide bonds. The van der Waals surface area contributed by atoms with Crippen molar-refractivity contribution in [1.29, 1.82) is 0 Å². The third-order valence-corrected chi connectivity index (χ3v) is 6.08. The van der Waals surface area contributed by atoms with E-state index in [4.69, 9.17) is 16.0 Å². The molecule has 0 N–H and O–H groups in total. The maximum atomic E-state index is 13.1. The summed E-state index contributed by atoms with van der Waals surface area (Å²) in [6.07, 6.45) is 2.61. The third kappa shape index (κ3) is 4.59. The zero-order chi connectivity index (χ0) is 20.1. The molecule has 0 radical (unpaired) electrons. The lowest BCUT2D eigenvalue weighted by Crippen LogP contribution is -2.41.